The van der Waals surface area contributed by atoms with Crippen molar-refractivity contribution in [2.45, 2.75) is 0 Å². The fourth-order valence-electron chi connectivity index (χ4n) is 4.14. The summed E-state index contributed by atoms with van der Waals surface area (Å²) >= 11 is 5.24. The number of furan rings is 1. The molecule has 2 amide bonds. The highest BCUT2D eigenvalue weighted by Crippen LogP contribution is 2.30. The van der Waals surface area contributed by atoms with Crippen molar-refractivity contribution >= 4 is 62.9 Å². The third kappa shape index (κ3) is 6.03. The van der Waals surface area contributed by atoms with Crippen molar-refractivity contribution in [3.63, 3.8) is 0 Å². The lowest BCUT2D eigenvalue weighted by Gasteiger charge is -2.28. The lowest BCUT2D eigenvalue weighted by Crippen LogP contribution is -2.37. The van der Waals surface area contributed by atoms with Gasteiger partial charge >= 0.3 is 0 Å². The van der Waals surface area contributed by atoms with E-state index in [1.54, 1.807) is 42.5 Å². The van der Waals surface area contributed by atoms with E-state index in [-0.39, 0.29) is 28.0 Å². The van der Waals surface area contributed by atoms with E-state index in [2.05, 4.69) is 16.0 Å². The molecule has 3 aromatic carbocycles. The molecule has 0 unspecified atom stereocenters. The van der Waals surface area contributed by atoms with E-state index in [9.17, 15) is 19.7 Å². The lowest BCUT2D eigenvalue weighted by molar-refractivity contribution is -0.384. The molecule has 4 aromatic rings. The molecule has 1 saturated heterocycles. The summed E-state index contributed by atoms with van der Waals surface area (Å²) in [7, 11) is 0. The van der Waals surface area contributed by atoms with Gasteiger partial charge in [-0.3, -0.25) is 25.0 Å². The molecule has 39 heavy (non-hydrogen) atoms. The number of carbonyl (C=O) groups excluding carboxylic acids is 2. The van der Waals surface area contributed by atoms with Gasteiger partial charge in [0.2, 0.25) is 0 Å². The molecule has 0 atom stereocenters. The molecule has 0 aliphatic carbocycles. The van der Waals surface area contributed by atoms with Gasteiger partial charge < -0.3 is 24.7 Å². The highest BCUT2D eigenvalue weighted by Gasteiger charge is 2.23. The Hall–Kier alpha value is -4.81. The lowest BCUT2D eigenvalue weighted by atomic mass is 10.1. The molecule has 0 spiro atoms. The largest absolute Gasteiger partial charge is 0.451 e. The second-order valence-electron chi connectivity index (χ2n) is 8.65. The molecule has 0 bridgehead atoms. The minimum absolute atomic E-state index is 0.0129. The van der Waals surface area contributed by atoms with E-state index in [4.69, 9.17) is 21.4 Å². The van der Waals surface area contributed by atoms with Crippen LogP contribution in [-0.4, -0.2) is 48.2 Å². The Morgan fingerprint density at radius 2 is 1.59 bits per heavy atom. The van der Waals surface area contributed by atoms with E-state index >= 15 is 0 Å². The minimum Gasteiger partial charge on any atom is -0.451 e. The molecule has 1 aromatic heterocycles. The summed E-state index contributed by atoms with van der Waals surface area (Å²) in [5.74, 6) is -0.775. The van der Waals surface area contributed by atoms with Gasteiger partial charge in [-0.15, -0.1) is 0 Å². The number of anilines is 3. The molecule has 1 aliphatic heterocycles. The van der Waals surface area contributed by atoms with Gasteiger partial charge in [0.15, 0.2) is 10.9 Å². The number of nitro benzene ring substituents is 1. The molecule has 198 valence electrons. The third-order valence-corrected chi connectivity index (χ3v) is 6.27. The van der Waals surface area contributed by atoms with Crippen LogP contribution in [0.1, 0.15) is 20.9 Å². The van der Waals surface area contributed by atoms with Crippen LogP contribution in [0.15, 0.2) is 77.2 Å². The van der Waals surface area contributed by atoms with Crippen LogP contribution in [0.4, 0.5) is 22.7 Å². The summed E-state index contributed by atoms with van der Waals surface area (Å²) in [6, 6.07) is 20.0. The van der Waals surface area contributed by atoms with E-state index in [0.29, 0.717) is 48.9 Å². The fraction of sp³-hybridized carbons (Fsp3) is 0.148. The maximum absolute atomic E-state index is 12.7. The van der Waals surface area contributed by atoms with Crippen molar-refractivity contribution < 1.29 is 23.7 Å². The number of rotatable bonds is 6. The third-order valence-electron chi connectivity index (χ3n) is 6.06. The number of hydrogen-bond acceptors (Lipinski definition) is 8. The van der Waals surface area contributed by atoms with Crippen LogP contribution in [0.2, 0.25) is 0 Å². The number of nitrogens with zero attached hydrogens (tertiary/aromatic N) is 2. The van der Waals surface area contributed by atoms with Crippen molar-refractivity contribution in [2.75, 3.05) is 41.8 Å². The molecule has 0 radical (unpaired) electrons. The van der Waals surface area contributed by atoms with Crippen molar-refractivity contribution in [1.29, 1.82) is 0 Å². The molecule has 1 fully saturated rings. The summed E-state index contributed by atoms with van der Waals surface area (Å²) in [6.45, 7) is 2.02. The van der Waals surface area contributed by atoms with Gasteiger partial charge in [0, 0.05) is 41.5 Å². The zero-order valence-corrected chi connectivity index (χ0v) is 21.3. The van der Waals surface area contributed by atoms with E-state index in [1.807, 2.05) is 23.1 Å². The van der Waals surface area contributed by atoms with E-state index in [0.717, 1.165) is 5.39 Å². The first kappa shape index (κ1) is 25.8. The van der Waals surface area contributed by atoms with Gasteiger partial charge in [-0.05, 0) is 60.7 Å². The molecule has 11 nitrogen and oxygen atoms in total. The molecule has 5 rings (SSSR count). The highest BCUT2D eigenvalue weighted by molar-refractivity contribution is 7.80. The summed E-state index contributed by atoms with van der Waals surface area (Å²) in [6.07, 6.45) is 0. The Kier molecular flexibility index (Phi) is 7.48. The number of hydrogen-bond donors (Lipinski definition) is 3. The molecule has 1 aliphatic rings. The van der Waals surface area contributed by atoms with Crippen LogP contribution in [0.25, 0.3) is 11.0 Å². The number of carbonyl (C=O) groups is 2. The van der Waals surface area contributed by atoms with Gasteiger partial charge in [0.25, 0.3) is 17.5 Å². The predicted octanol–water partition coefficient (Wildman–Crippen LogP) is 4.56. The number of fused-ring (bicyclic) bond motifs is 1. The van der Waals surface area contributed by atoms with Crippen LogP contribution in [0.3, 0.4) is 0 Å². The Bertz CT molecular complexity index is 1530. The number of ether oxygens (including phenoxy) is 1. The van der Waals surface area contributed by atoms with Crippen molar-refractivity contribution in [2.24, 2.45) is 0 Å². The first-order valence-corrected chi connectivity index (χ1v) is 12.4. The molecule has 12 heteroatoms. The van der Waals surface area contributed by atoms with Gasteiger partial charge in [-0.2, -0.15) is 0 Å². The summed E-state index contributed by atoms with van der Waals surface area (Å²) in [5, 5.41) is 20.7. The fourth-order valence-corrected chi connectivity index (χ4v) is 4.35. The van der Waals surface area contributed by atoms with E-state index < -0.39 is 10.8 Å². The number of amides is 2. The second kappa shape index (κ2) is 11.3. The Morgan fingerprint density at radius 3 is 2.28 bits per heavy atom. The zero-order chi connectivity index (χ0) is 27.4. The Labute approximate surface area is 227 Å². The first-order chi connectivity index (χ1) is 18.9. The number of benzene rings is 3. The number of thiocarbonyl (C=S) groups is 1. The Morgan fingerprint density at radius 1 is 0.897 bits per heavy atom. The van der Waals surface area contributed by atoms with Crippen LogP contribution >= 0.6 is 12.2 Å². The van der Waals surface area contributed by atoms with Crippen LogP contribution in [0.5, 0.6) is 0 Å². The van der Waals surface area contributed by atoms with E-state index in [1.165, 1.54) is 12.1 Å². The SMILES string of the molecule is O=C(NC(=S)Nc1ccc(NC(=O)c2cc3ccccc3o2)cc1)c1ccc(N2CCOCC2)c([N+](=O)[O-])c1. The molecule has 0 saturated carbocycles. The second-order valence-corrected chi connectivity index (χ2v) is 9.06. The number of nitro groups is 1. The number of nitrogens with one attached hydrogen (secondary N) is 3. The summed E-state index contributed by atoms with van der Waals surface area (Å²) in [4.78, 5) is 38.3. The maximum Gasteiger partial charge on any atom is 0.293 e. The average Bonchev–Trinajstić information content (AvgIpc) is 3.39. The summed E-state index contributed by atoms with van der Waals surface area (Å²) < 4.78 is 10.9. The van der Waals surface area contributed by atoms with Crippen LogP contribution < -0.4 is 20.9 Å². The summed E-state index contributed by atoms with van der Waals surface area (Å²) in [5.41, 5.74) is 2.10. The van der Waals surface area contributed by atoms with Crippen molar-refractivity contribution in [1.82, 2.24) is 5.32 Å². The van der Waals surface area contributed by atoms with Crippen LogP contribution in [0, 0.1) is 10.1 Å². The highest BCUT2D eigenvalue weighted by atomic mass is 32.1. The van der Waals surface area contributed by atoms with Crippen LogP contribution in [-0.2, 0) is 4.74 Å². The normalized spacial score (nSPS) is 13.1. The monoisotopic (exact) mass is 545 g/mol. The minimum atomic E-state index is -0.584. The van der Waals surface area contributed by atoms with Gasteiger partial charge in [-0.25, -0.2) is 0 Å². The molecular weight excluding hydrogens is 522 g/mol. The standard InChI is InChI=1S/C27H23N5O6S/c33-25(18-5-10-21(22(15-18)32(35)36)31-11-13-37-14-12-31)30-27(39)29-20-8-6-19(7-9-20)28-26(34)24-16-17-3-1-2-4-23(17)38-24/h1-10,15-16H,11-14H2,(H,28,34)(H2,29,30,33,39). The maximum atomic E-state index is 12.7. The van der Waals surface area contributed by atoms with Crippen molar-refractivity contribution in [3.8, 4) is 0 Å². The average molecular weight is 546 g/mol. The van der Waals surface area contributed by atoms with Gasteiger partial charge in [-0.1, -0.05) is 18.2 Å². The number of para-hydroxylation sites is 1. The first-order valence-electron chi connectivity index (χ1n) is 12.0. The molecule has 3 N–H and O–H groups in total. The topological polar surface area (TPSA) is 139 Å². The van der Waals surface area contributed by atoms with Crippen molar-refractivity contribution in [3.05, 3.63) is 94.2 Å². The smallest absolute Gasteiger partial charge is 0.293 e. The molecule has 2 heterocycles. The zero-order valence-electron chi connectivity index (χ0n) is 20.5. The predicted molar refractivity (Wildman–Crippen MR) is 150 cm³/mol. The van der Waals surface area contributed by atoms with Gasteiger partial charge in [0.1, 0.15) is 11.3 Å². The Balaban J connectivity index is 1.18. The quantitative estimate of drug-likeness (QED) is 0.181. The van der Waals surface area contributed by atoms with Gasteiger partial charge in [0.05, 0.1) is 18.1 Å². The molecular formula is C27H23N5O6S. The number of morpholine rings is 1.